The highest BCUT2D eigenvalue weighted by Gasteiger charge is 2.25. The summed E-state index contributed by atoms with van der Waals surface area (Å²) in [7, 11) is 1.42. The highest BCUT2D eigenvalue weighted by molar-refractivity contribution is 5.83. The Balaban J connectivity index is 0.000000485. The molecule has 2 aromatic rings. The number of aliphatic hydroxyl groups is 1. The third-order valence-electron chi connectivity index (χ3n) is 5.98. The highest BCUT2D eigenvalue weighted by Crippen LogP contribution is 2.23. The minimum absolute atomic E-state index is 0.113. The first kappa shape index (κ1) is 30.8. The molecule has 0 heterocycles. The van der Waals surface area contributed by atoms with E-state index in [1.54, 1.807) is 0 Å². The minimum atomic E-state index is -0.311. The van der Waals surface area contributed by atoms with Gasteiger partial charge in [0.2, 0.25) is 0 Å². The molecule has 2 rings (SSSR count). The van der Waals surface area contributed by atoms with Gasteiger partial charge < -0.3 is 9.84 Å². The number of aliphatic hydroxyl groups excluding tert-OH is 1. The third-order valence-corrected chi connectivity index (χ3v) is 5.98. The van der Waals surface area contributed by atoms with E-state index >= 15 is 0 Å². The Morgan fingerprint density at radius 3 is 1.97 bits per heavy atom. The monoisotopic (exact) mass is 458 g/mol. The van der Waals surface area contributed by atoms with Crippen LogP contribution in [0.3, 0.4) is 0 Å². The van der Waals surface area contributed by atoms with E-state index in [1.165, 1.54) is 29.9 Å². The number of carbonyl (C=O) groups is 2. The lowest BCUT2D eigenvalue weighted by atomic mass is 9.88. The Morgan fingerprint density at radius 1 is 0.970 bits per heavy atom. The van der Waals surface area contributed by atoms with Gasteiger partial charge in [0.1, 0.15) is 5.78 Å². The van der Waals surface area contributed by atoms with Crippen molar-refractivity contribution >= 4 is 22.5 Å². The van der Waals surface area contributed by atoms with Crippen LogP contribution in [0.5, 0.6) is 0 Å². The van der Waals surface area contributed by atoms with E-state index < -0.39 is 0 Å². The van der Waals surface area contributed by atoms with Crippen LogP contribution in [0, 0.1) is 10.8 Å². The molecular formula is C29H46O4. The molecule has 0 aliphatic carbocycles. The lowest BCUT2D eigenvalue weighted by molar-refractivity contribution is -0.150. The Morgan fingerprint density at radius 2 is 1.55 bits per heavy atom. The number of Topliss-reactive ketones (excluding diaryl/α,β-unsaturated/α-hetero) is 1. The van der Waals surface area contributed by atoms with Gasteiger partial charge in [0.05, 0.1) is 12.5 Å². The van der Waals surface area contributed by atoms with Crippen LogP contribution < -0.4 is 0 Å². The maximum Gasteiger partial charge on any atom is 0.311 e. The smallest absolute Gasteiger partial charge is 0.311 e. The zero-order valence-electron chi connectivity index (χ0n) is 22.3. The van der Waals surface area contributed by atoms with Crippen molar-refractivity contribution in [1.82, 2.24) is 0 Å². The fraction of sp³-hybridized carbons (Fsp3) is 0.586. The van der Waals surface area contributed by atoms with Gasteiger partial charge in [-0.15, -0.1) is 0 Å². The van der Waals surface area contributed by atoms with Gasteiger partial charge in [-0.05, 0) is 55.4 Å². The average molecular weight is 459 g/mol. The molecule has 1 unspecified atom stereocenters. The Hall–Kier alpha value is -2.20. The van der Waals surface area contributed by atoms with Gasteiger partial charge >= 0.3 is 5.97 Å². The van der Waals surface area contributed by atoms with E-state index in [9.17, 15) is 9.59 Å². The fourth-order valence-electron chi connectivity index (χ4n) is 2.79. The minimum Gasteiger partial charge on any atom is -0.469 e. The number of carbonyl (C=O) groups excluding carboxylic acids is 2. The number of benzene rings is 2. The highest BCUT2D eigenvalue weighted by atomic mass is 16.5. The lowest BCUT2D eigenvalue weighted by Crippen LogP contribution is -2.24. The molecule has 0 bridgehead atoms. The van der Waals surface area contributed by atoms with Crippen LogP contribution in [0.1, 0.15) is 92.6 Å². The third kappa shape index (κ3) is 11.5. The van der Waals surface area contributed by atoms with Crippen molar-refractivity contribution in [2.75, 3.05) is 13.7 Å². The zero-order valence-corrected chi connectivity index (χ0v) is 22.3. The van der Waals surface area contributed by atoms with E-state index in [0.717, 1.165) is 6.42 Å². The second-order valence-corrected chi connectivity index (χ2v) is 10.1. The van der Waals surface area contributed by atoms with Crippen LogP contribution in [0.4, 0.5) is 0 Å². The largest absolute Gasteiger partial charge is 0.469 e. The molecule has 0 saturated heterocycles. The van der Waals surface area contributed by atoms with E-state index in [4.69, 9.17) is 5.11 Å². The predicted octanol–water partition coefficient (Wildman–Crippen LogP) is 7.32. The molecule has 186 valence electrons. The molecule has 0 amide bonds. The molecule has 2 aromatic carbocycles. The fourth-order valence-corrected chi connectivity index (χ4v) is 2.79. The van der Waals surface area contributed by atoms with Crippen LogP contribution in [0.15, 0.2) is 42.5 Å². The van der Waals surface area contributed by atoms with Crippen molar-refractivity contribution in [3.8, 4) is 0 Å². The molecule has 4 nitrogen and oxygen atoms in total. The topological polar surface area (TPSA) is 63.6 Å². The first-order valence-corrected chi connectivity index (χ1v) is 12.0. The molecule has 0 aliphatic rings. The van der Waals surface area contributed by atoms with Crippen LogP contribution in [-0.4, -0.2) is 30.6 Å². The number of ether oxygens (including phenoxy) is 1. The van der Waals surface area contributed by atoms with Crippen LogP contribution in [0.2, 0.25) is 0 Å². The summed E-state index contributed by atoms with van der Waals surface area (Å²) in [6.45, 7) is 16.0. The van der Waals surface area contributed by atoms with E-state index in [1.807, 2.05) is 41.5 Å². The molecular weight excluding hydrogens is 412 g/mol. The number of esters is 1. The van der Waals surface area contributed by atoms with E-state index in [0.29, 0.717) is 18.8 Å². The van der Waals surface area contributed by atoms with Crippen LogP contribution in [0.25, 0.3) is 10.8 Å². The van der Waals surface area contributed by atoms with Gasteiger partial charge in [0.25, 0.3) is 0 Å². The molecule has 4 heteroatoms. The maximum absolute atomic E-state index is 11.1. The van der Waals surface area contributed by atoms with Gasteiger partial charge in [-0.25, -0.2) is 0 Å². The van der Waals surface area contributed by atoms with Crippen molar-refractivity contribution < 1.29 is 19.4 Å². The molecule has 1 atom stereocenters. The number of rotatable bonds is 7. The second kappa shape index (κ2) is 14.8. The number of hydrogen-bond donors (Lipinski definition) is 1. The summed E-state index contributed by atoms with van der Waals surface area (Å²) in [4.78, 5) is 22.0. The Kier molecular flexibility index (Phi) is 13.9. The first-order valence-electron chi connectivity index (χ1n) is 12.0. The summed E-state index contributed by atoms with van der Waals surface area (Å²) in [5.41, 5.74) is 0.899. The second-order valence-electron chi connectivity index (χ2n) is 10.1. The first-order chi connectivity index (χ1) is 15.3. The molecule has 0 aliphatic heterocycles. The Labute approximate surface area is 201 Å². The van der Waals surface area contributed by atoms with Crippen molar-refractivity contribution in [2.24, 2.45) is 10.8 Å². The van der Waals surface area contributed by atoms with Crippen LogP contribution in [-0.2, 0) is 14.3 Å². The predicted molar refractivity (Wildman–Crippen MR) is 140 cm³/mol. The molecule has 0 radical (unpaired) electrons. The molecule has 0 fully saturated rings. The lowest BCUT2D eigenvalue weighted by Gasteiger charge is -2.17. The summed E-state index contributed by atoms with van der Waals surface area (Å²) in [5, 5.41) is 11.1. The van der Waals surface area contributed by atoms with Gasteiger partial charge in [0, 0.05) is 18.4 Å². The van der Waals surface area contributed by atoms with Crippen molar-refractivity contribution in [3.05, 3.63) is 48.0 Å². The van der Waals surface area contributed by atoms with Gasteiger partial charge in [-0.2, -0.15) is 0 Å². The quantitative estimate of drug-likeness (QED) is 0.441. The zero-order chi connectivity index (χ0) is 25.7. The summed E-state index contributed by atoms with van der Waals surface area (Å²) >= 11 is 0. The number of fused-ring (bicyclic) bond motifs is 1. The maximum atomic E-state index is 11.1. The molecule has 1 N–H and O–H groups in total. The van der Waals surface area contributed by atoms with Crippen molar-refractivity contribution in [3.63, 3.8) is 0 Å². The Bertz CT molecular complexity index is 846. The van der Waals surface area contributed by atoms with E-state index in [-0.39, 0.29) is 29.2 Å². The van der Waals surface area contributed by atoms with Gasteiger partial charge in [-0.1, -0.05) is 84.0 Å². The number of methoxy groups -OCH3 is 1. The molecule has 0 spiro atoms. The van der Waals surface area contributed by atoms with Crippen molar-refractivity contribution in [2.45, 2.75) is 87.0 Å². The SMILES string of the molecule is CC(C)(C)C(=O)CCCO.CCC(C)(C)C(=O)OC.CCC(C)c1ccc2ccccc2c1. The van der Waals surface area contributed by atoms with Gasteiger partial charge in [0.15, 0.2) is 0 Å². The van der Waals surface area contributed by atoms with Gasteiger partial charge in [-0.3, -0.25) is 9.59 Å². The van der Waals surface area contributed by atoms with Crippen LogP contribution >= 0.6 is 0 Å². The summed E-state index contributed by atoms with van der Waals surface area (Å²) in [6.07, 6.45) is 3.12. The normalized spacial score (nSPS) is 12.1. The number of ketones is 1. The summed E-state index contributed by atoms with van der Waals surface area (Å²) < 4.78 is 4.57. The average Bonchev–Trinajstić information content (AvgIpc) is 2.81. The summed E-state index contributed by atoms with van der Waals surface area (Å²) in [6, 6.07) is 15.3. The molecule has 33 heavy (non-hydrogen) atoms. The standard InChI is InChI=1S/C14H16.C8H16O2.C7H14O2/c1-3-11(2)13-9-8-12-6-4-5-7-14(12)10-13;1-8(2,3)7(10)5-4-6-9;1-5-7(2,3)6(8)9-4/h4-11H,3H2,1-2H3;9H,4-6H2,1-3H3;5H2,1-4H3. The summed E-state index contributed by atoms with van der Waals surface area (Å²) in [5.74, 6) is 0.756. The molecule has 0 saturated carbocycles. The van der Waals surface area contributed by atoms with Crippen molar-refractivity contribution in [1.29, 1.82) is 0 Å². The number of hydrogen-bond acceptors (Lipinski definition) is 4. The molecule has 0 aromatic heterocycles. The van der Waals surface area contributed by atoms with E-state index in [2.05, 4.69) is 61.0 Å².